The van der Waals surface area contributed by atoms with Crippen LogP contribution in [0.2, 0.25) is 0 Å². The second-order valence-corrected chi connectivity index (χ2v) is 5.70. The van der Waals surface area contributed by atoms with Crippen LogP contribution in [0.25, 0.3) is 0 Å². The molecule has 7 heteroatoms. The molecule has 0 bridgehead atoms. The van der Waals surface area contributed by atoms with Gasteiger partial charge in [0.15, 0.2) is 6.04 Å². The zero-order valence-corrected chi connectivity index (χ0v) is 11.3. The molecule has 1 unspecified atom stereocenters. The third-order valence-corrected chi connectivity index (χ3v) is 4.03. The lowest BCUT2D eigenvalue weighted by Gasteiger charge is -2.13. The van der Waals surface area contributed by atoms with Gasteiger partial charge in [0.1, 0.15) is 11.6 Å². The van der Waals surface area contributed by atoms with Crippen molar-refractivity contribution in [2.75, 3.05) is 5.32 Å². The summed E-state index contributed by atoms with van der Waals surface area (Å²) >= 11 is 1.35. The van der Waals surface area contributed by atoms with Crippen LogP contribution in [0.1, 0.15) is 35.5 Å². The highest BCUT2D eigenvalue weighted by Crippen LogP contribution is 2.37. The number of carboxylic acids is 1. The fraction of sp³-hybridized carbons (Fsp3) is 0.308. The Bertz CT molecular complexity index is 676. The molecule has 0 aromatic carbocycles. The van der Waals surface area contributed by atoms with E-state index in [1.54, 1.807) is 12.1 Å². The number of aromatic nitrogens is 2. The Morgan fingerprint density at radius 2 is 2.35 bits per heavy atom. The highest BCUT2D eigenvalue weighted by atomic mass is 32.1. The van der Waals surface area contributed by atoms with Gasteiger partial charge in [0, 0.05) is 16.9 Å². The number of carboxylic acid groups (broad SMARTS) is 1. The van der Waals surface area contributed by atoms with E-state index in [9.17, 15) is 14.7 Å². The van der Waals surface area contributed by atoms with Crippen molar-refractivity contribution in [3.05, 3.63) is 44.6 Å². The van der Waals surface area contributed by atoms with Crippen LogP contribution in [0.15, 0.2) is 28.4 Å². The first-order valence-corrected chi connectivity index (χ1v) is 7.15. The van der Waals surface area contributed by atoms with Crippen molar-refractivity contribution in [3.8, 4) is 0 Å². The van der Waals surface area contributed by atoms with Gasteiger partial charge in [-0.25, -0.2) is 9.78 Å². The Kier molecular flexibility index (Phi) is 3.27. The van der Waals surface area contributed by atoms with Crippen molar-refractivity contribution in [3.63, 3.8) is 0 Å². The fourth-order valence-corrected chi connectivity index (χ4v) is 2.73. The SMILES string of the molecule is O=C(O)C(Nc1cc(=O)[nH]c(C2CC2)n1)c1cccs1. The van der Waals surface area contributed by atoms with Gasteiger partial charge in [0.05, 0.1) is 0 Å². The quantitative estimate of drug-likeness (QED) is 0.782. The van der Waals surface area contributed by atoms with E-state index < -0.39 is 12.0 Å². The lowest BCUT2D eigenvalue weighted by atomic mass is 10.2. The van der Waals surface area contributed by atoms with Crippen molar-refractivity contribution in [1.82, 2.24) is 9.97 Å². The van der Waals surface area contributed by atoms with Crippen molar-refractivity contribution in [2.24, 2.45) is 0 Å². The summed E-state index contributed by atoms with van der Waals surface area (Å²) in [4.78, 5) is 30.6. The van der Waals surface area contributed by atoms with E-state index in [1.807, 2.05) is 5.38 Å². The summed E-state index contributed by atoms with van der Waals surface area (Å²) in [6, 6.07) is 3.93. The molecular weight excluding hydrogens is 278 g/mol. The molecule has 1 saturated carbocycles. The largest absolute Gasteiger partial charge is 0.479 e. The number of nitrogens with one attached hydrogen (secondary N) is 2. The van der Waals surface area contributed by atoms with Crippen molar-refractivity contribution in [1.29, 1.82) is 0 Å². The second kappa shape index (κ2) is 5.09. The van der Waals surface area contributed by atoms with Crippen LogP contribution in [-0.2, 0) is 4.79 Å². The molecule has 1 aliphatic carbocycles. The van der Waals surface area contributed by atoms with Gasteiger partial charge in [0.25, 0.3) is 5.56 Å². The van der Waals surface area contributed by atoms with Crippen molar-refractivity contribution >= 4 is 23.1 Å². The smallest absolute Gasteiger partial charge is 0.331 e. The average Bonchev–Trinajstić information content (AvgIpc) is 3.11. The van der Waals surface area contributed by atoms with Crippen LogP contribution < -0.4 is 10.9 Å². The first-order valence-electron chi connectivity index (χ1n) is 6.27. The Morgan fingerprint density at radius 1 is 1.55 bits per heavy atom. The molecule has 2 aromatic rings. The topological polar surface area (TPSA) is 95.1 Å². The molecule has 6 nitrogen and oxygen atoms in total. The zero-order valence-electron chi connectivity index (χ0n) is 10.5. The zero-order chi connectivity index (χ0) is 14.1. The summed E-state index contributed by atoms with van der Waals surface area (Å²) in [6.07, 6.45) is 2.03. The maximum atomic E-state index is 11.6. The highest BCUT2D eigenvalue weighted by Gasteiger charge is 2.27. The average molecular weight is 291 g/mol. The summed E-state index contributed by atoms with van der Waals surface area (Å²) in [5.74, 6) is 0.240. The van der Waals surface area contributed by atoms with Gasteiger partial charge >= 0.3 is 5.97 Å². The molecule has 0 aliphatic heterocycles. The number of carbonyl (C=O) groups is 1. The van der Waals surface area contributed by atoms with Crippen molar-refractivity contribution in [2.45, 2.75) is 24.8 Å². The highest BCUT2D eigenvalue weighted by molar-refractivity contribution is 7.10. The standard InChI is InChI=1S/C13H13N3O3S/c17-10-6-9(15-12(16-10)7-3-4-7)14-11(13(18)19)8-2-1-5-20-8/h1-2,5-7,11H,3-4H2,(H,18,19)(H2,14,15,16,17). The number of nitrogens with zero attached hydrogens (tertiary/aromatic N) is 1. The number of aliphatic carboxylic acids is 1. The Labute approximate surface area is 118 Å². The van der Waals surface area contributed by atoms with E-state index in [0.29, 0.717) is 22.4 Å². The van der Waals surface area contributed by atoms with E-state index in [4.69, 9.17) is 0 Å². The van der Waals surface area contributed by atoms with Gasteiger partial charge in [-0.1, -0.05) is 6.07 Å². The van der Waals surface area contributed by atoms with Gasteiger partial charge < -0.3 is 15.4 Å². The third-order valence-electron chi connectivity index (χ3n) is 3.09. The van der Waals surface area contributed by atoms with Crippen LogP contribution >= 0.6 is 11.3 Å². The molecular formula is C13H13N3O3S. The molecule has 3 N–H and O–H groups in total. The van der Waals surface area contributed by atoms with E-state index in [-0.39, 0.29) is 5.56 Å². The molecule has 1 aliphatic rings. The van der Waals surface area contributed by atoms with Gasteiger partial charge in [-0.2, -0.15) is 0 Å². The van der Waals surface area contributed by atoms with E-state index in [1.165, 1.54) is 17.4 Å². The van der Waals surface area contributed by atoms with E-state index >= 15 is 0 Å². The number of anilines is 1. The van der Waals surface area contributed by atoms with Gasteiger partial charge in [-0.15, -0.1) is 11.3 Å². The maximum Gasteiger partial charge on any atom is 0.331 e. The Balaban J connectivity index is 1.88. The van der Waals surface area contributed by atoms with Gasteiger partial charge in [0.2, 0.25) is 0 Å². The molecule has 3 rings (SSSR count). The van der Waals surface area contributed by atoms with Crippen LogP contribution in [-0.4, -0.2) is 21.0 Å². The minimum absolute atomic E-state index is 0.264. The molecule has 2 aromatic heterocycles. The van der Waals surface area contributed by atoms with E-state index in [2.05, 4.69) is 15.3 Å². The summed E-state index contributed by atoms with van der Waals surface area (Å²) in [5, 5.41) is 13.9. The number of aromatic amines is 1. The van der Waals surface area contributed by atoms with Crippen LogP contribution in [0.4, 0.5) is 5.82 Å². The van der Waals surface area contributed by atoms with Crippen molar-refractivity contribution < 1.29 is 9.90 Å². The van der Waals surface area contributed by atoms with Crippen LogP contribution in [0.5, 0.6) is 0 Å². The Morgan fingerprint density at radius 3 is 2.95 bits per heavy atom. The number of rotatable bonds is 5. The normalized spacial score (nSPS) is 15.8. The number of hydrogen-bond acceptors (Lipinski definition) is 5. The third kappa shape index (κ3) is 2.72. The summed E-state index contributed by atoms with van der Waals surface area (Å²) in [5.41, 5.74) is -0.264. The van der Waals surface area contributed by atoms with Gasteiger partial charge in [-0.05, 0) is 24.3 Å². The molecule has 0 saturated heterocycles. The lowest BCUT2D eigenvalue weighted by molar-refractivity contribution is -0.138. The Hall–Kier alpha value is -2.15. The van der Waals surface area contributed by atoms with E-state index in [0.717, 1.165) is 12.8 Å². The molecule has 0 radical (unpaired) electrons. The summed E-state index contributed by atoms with van der Waals surface area (Å²) in [6.45, 7) is 0. The monoisotopic (exact) mass is 291 g/mol. The van der Waals surface area contributed by atoms with Gasteiger partial charge in [-0.3, -0.25) is 4.79 Å². The summed E-state index contributed by atoms with van der Waals surface area (Å²) in [7, 11) is 0. The molecule has 2 heterocycles. The van der Waals surface area contributed by atoms with Crippen LogP contribution in [0, 0.1) is 0 Å². The summed E-state index contributed by atoms with van der Waals surface area (Å²) < 4.78 is 0. The second-order valence-electron chi connectivity index (χ2n) is 4.72. The number of H-pyrrole nitrogens is 1. The minimum Gasteiger partial charge on any atom is -0.479 e. The maximum absolute atomic E-state index is 11.6. The predicted molar refractivity (Wildman–Crippen MR) is 75.2 cm³/mol. The number of thiophene rings is 1. The molecule has 104 valence electrons. The molecule has 1 fully saturated rings. The molecule has 0 spiro atoms. The predicted octanol–water partition coefficient (Wildman–Crippen LogP) is 1.95. The fourth-order valence-electron chi connectivity index (χ4n) is 1.96. The van der Waals surface area contributed by atoms with Crippen LogP contribution in [0.3, 0.4) is 0 Å². The first kappa shape index (κ1) is 12.9. The number of hydrogen-bond donors (Lipinski definition) is 3. The molecule has 20 heavy (non-hydrogen) atoms. The lowest BCUT2D eigenvalue weighted by Crippen LogP contribution is -2.22. The minimum atomic E-state index is -0.998. The molecule has 0 amide bonds. The first-order chi connectivity index (χ1) is 9.63. The molecule has 1 atom stereocenters.